The first-order chi connectivity index (χ1) is 10.2. The van der Waals surface area contributed by atoms with E-state index in [2.05, 4.69) is 21.7 Å². The van der Waals surface area contributed by atoms with Crippen molar-refractivity contribution in [1.82, 2.24) is 20.0 Å². The molecule has 1 aliphatic carbocycles. The minimum Gasteiger partial charge on any atom is -0.346 e. The molecule has 4 rings (SSSR count). The Bertz CT molecular complexity index is 759. The van der Waals surface area contributed by atoms with Crippen LogP contribution in [-0.2, 0) is 0 Å². The molecule has 1 saturated carbocycles. The van der Waals surface area contributed by atoms with E-state index in [-0.39, 0.29) is 11.9 Å². The SMILES string of the molecule is N#Cc1ccn2cc(C(=O)NC3CC4CNC3C4)ncc12. The van der Waals surface area contributed by atoms with Gasteiger partial charge in [0.25, 0.3) is 5.91 Å². The predicted molar refractivity (Wildman–Crippen MR) is 75.7 cm³/mol. The highest BCUT2D eigenvalue weighted by atomic mass is 16.2. The molecule has 106 valence electrons. The summed E-state index contributed by atoms with van der Waals surface area (Å²) in [6.45, 7) is 1.07. The Balaban J connectivity index is 1.55. The normalized spacial score (nSPS) is 26.9. The Labute approximate surface area is 121 Å². The number of hydrogen-bond donors (Lipinski definition) is 2. The van der Waals surface area contributed by atoms with Gasteiger partial charge in [-0.2, -0.15) is 5.26 Å². The van der Waals surface area contributed by atoms with E-state index in [4.69, 9.17) is 5.26 Å². The third-order valence-corrected chi connectivity index (χ3v) is 4.54. The molecule has 0 spiro atoms. The van der Waals surface area contributed by atoms with Gasteiger partial charge in [0.1, 0.15) is 11.8 Å². The van der Waals surface area contributed by atoms with Gasteiger partial charge < -0.3 is 15.0 Å². The Hall–Kier alpha value is -2.39. The molecule has 1 amide bonds. The van der Waals surface area contributed by atoms with Gasteiger partial charge in [-0.1, -0.05) is 0 Å². The lowest BCUT2D eigenvalue weighted by molar-refractivity contribution is 0.0923. The number of nitriles is 1. The van der Waals surface area contributed by atoms with Crippen LogP contribution in [0.4, 0.5) is 0 Å². The Morgan fingerprint density at radius 1 is 1.52 bits per heavy atom. The van der Waals surface area contributed by atoms with E-state index < -0.39 is 0 Å². The maximum absolute atomic E-state index is 12.3. The van der Waals surface area contributed by atoms with Gasteiger partial charge in [0.2, 0.25) is 0 Å². The quantitative estimate of drug-likeness (QED) is 0.848. The third kappa shape index (κ3) is 1.98. The van der Waals surface area contributed by atoms with Crippen LogP contribution in [0.15, 0.2) is 24.7 Å². The molecule has 2 aliphatic rings. The number of rotatable bonds is 2. The number of piperidine rings is 1. The number of carbonyl (C=O) groups excluding carboxylic acids is 1. The van der Waals surface area contributed by atoms with Crippen molar-refractivity contribution in [2.45, 2.75) is 24.9 Å². The lowest BCUT2D eigenvalue weighted by Gasteiger charge is -2.23. The molecule has 3 unspecified atom stereocenters. The summed E-state index contributed by atoms with van der Waals surface area (Å²) in [7, 11) is 0. The average molecular weight is 281 g/mol. The van der Waals surface area contributed by atoms with Crippen molar-refractivity contribution in [3.8, 4) is 6.07 Å². The second-order valence-electron chi connectivity index (χ2n) is 5.84. The summed E-state index contributed by atoms with van der Waals surface area (Å²) >= 11 is 0. The average Bonchev–Trinajstić information content (AvgIpc) is 3.21. The molecule has 2 bridgehead atoms. The molecule has 3 heterocycles. The van der Waals surface area contributed by atoms with Crippen LogP contribution in [0.3, 0.4) is 0 Å². The zero-order valence-electron chi connectivity index (χ0n) is 11.4. The summed E-state index contributed by atoms with van der Waals surface area (Å²) in [4.78, 5) is 16.5. The zero-order chi connectivity index (χ0) is 14.4. The summed E-state index contributed by atoms with van der Waals surface area (Å²) < 4.78 is 1.76. The molecule has 6 heteroatoms. The monoisotopic (exact) mass is 281 g/mol. The van der Waals surface area contributed by atoms with Gasteiger partial charge in [0.15, 0.2) is 0 Å². The van der Waals surface area contributed by atoms with Gasteiger partial charge in [-0.05, 0) is 31.4 Å². The summed E-state index contributed by atoms with van der Waals surface area (Å²) in [5.74, 6) is 0.543. The standard InChI is InChI=1S/C15H15N5O/c16-5-10-1-2-20-8-13(18-7-14(10)20)15(21)19-12-4-9-3-11(12)17-6-9/h1-2,7-9,11-12,17H,3-4,6H2,(H,19,21). The molecule has 0 aromatic carbocycles. The fourth-order valence-electron chi connectivity index (χ4n) is 3.47. The van der Waals surface area contributed by atoms with E-state index in [0.29, 0.717) is 23.2 Å². The van der Waals surface area contributed by atoms with Crippen LogP contribution < -0.4 is 10.6 Å². The minimum atomic E-state index is -0.150. The summed E-state index contributed by atoms with van der Waals surface area (Å²) in [6.07, 6.45) is 7.22. The van der Waals surface area contributed by atoms with E-state index in [1.165, 1.54) is 0 Å². The van der Waals surface area contributed by atoms with Crippen LogP contribution in [0.5, 0.6) is 0 Å². The minimum absolute atomic E-state index is 0.150. The molecule has 0 radical (unpaired) electrons. The molecular weight excluding hydrogens is 266 g/mol. The zero-order valence-corrected chi connectivity index (χ0v) is 11.4. The third-order valence-electron chi connectivity index (χ3n) is 4.54. The van der Waals surface area contributed by atoms with Crippen LogP contribution in [0, 0.1) is 17.2 Å². The van der Waals surface area contributed by atoms with E-state index in [1.807, 2.05) is 0 Å². The number of aromatic nitrogens is 2. The summed E-state index contributed by atoms with van der Waals surface area (Å²) in [5.41, 5.74) is 1.66. The number of nitrogens with one attached hydrogen (secondary N) is 2. The van der Waals surface area contributed by atoms with Gasteiger partial charge in [0, 0.05) is 24.5 Å². The number of amides is 1. The molecule has 2 aromatic rings. The van der Waals surface area contributed by atoms with Gasteiger partial charge in [-0.3, -0.25) is 4.79 Å². The van der Waals surface area contributed by atoms with Crippen molar-refractivity contribution >= 4 is 11.4 Å². The van der Waals surface area contributed by atoms with Crippen molar-refractivity contribution in [3.05, 3.63) is 35.9 Å². The van der Waals surface area contributed by atoms with Gasteiger partial charge >= 0.3 is 0 Å². The number of carbonyl (C=O) groups is 1. The highest BCUT2D eigenvalue weighted by Crippen LogP contribution is 2.31. The van der Waals surface area contributed by atoms with Gasteiger partial charge in [-0.15, -0.1) is 0 Å². The first kappa shape index (κ1) is 12.4. The lowest BCUT2D eigenvalue weighted by Crippen LogP contribution is -2.48. The molecule has 3 atom stereocenters. The van der Waals surface area contributed by atoms with Crippen molar-refractivity contribution < 1.29 is 4.79 Å². The molecule has 2 N–H and O–H groups in total. The first-order valence-corrected chi connectivity index (χ1v) is 7.15. The molecule has 2 fully saturated rings. The van der Waals surface area contributed by atoms with E-state index in [0.717, 1.165) is 24.9 Å². The van der Waals surface area contributed by atoms with E-state index in [9.17, 15) is 4.79 Å². The highest BCUT2D eigenvalue weighted by molar-refractivity contribution is 5.92. The van der Waals surface area contributed by atoms with Crippen LogP contribution in [0.1, 0.15) is 28.9 Å². The number of nitrogens with zero attached hydrogens (tertiary/aromatic N) is 3. The van der Waals surface area contributed by atoms with Crippen LogP contribution in [0.2, 0.25) is 0 Å². The second kappa shape index (κ2) is 4.57. The Kier molecular flexibility index (Phi) is 2.69. The molecule has 2 aromatic heterocycles. The van der Waals surface area contributed by atoms with Gasteiger partial charge in [0.05, 0.1) is 17.3 Å². The fraction of sp³-hybridized carbons (Fsp3) is 0.400. The smallest absolute Gasteiger partial charge is 0.271 e. The lowest BCUT2D eigenvalue weighted by atomic mass is 10.1. The summed E-state index contributed by atoms with van der Waals surface area (Å²) in [6, 6.07) is 4.43. The Morgan fingerprint density at radius 3 is 3.14 bits per heavy atom. The fourth-order valence-corrected chi connectivity index (χ4v) is 3.47. The molecule has 6 nitrogen and oxygen atoms in total. The Morgan fingerprint density at radius 2 is 2.43 bits per heavy atom. The van der Waals surface area contributed by atoms with Crippen LogP contribution in [0.25, 0.3) is 5.52 Å². The number of fused-ring (bicyclic) bond motifs is 3. The van der Waals surface area contributed by atoms with Crippen molar-refractivity contribution in [3.63, 3.8) is 0 Å². The van der Waals surface area contributed by atoms with Crippen LogP contribution >= 0.6 is 0 Å². The maximum Gasteiger partial charge on any atom is 0.271 e. The molecule has 1 saturated heterocycles. The molecular formula is C15H15N5O. The first-order valence-electron chi connectivity index (χ1n) is 7.15. The molecule has 1 aliphatic heterocycles. The van der Waals surface area contributed by atoms with Crippen molar-refractivity contribution in [2.75, 3.05) is 6.54 Å². The molecule has 21 heavy (non-hydrogen) atoms. The van der Waals surface area contributed by atoms with Crippen LogP contribution in [-0.4, -0.2) is 33.9 Å². The van der Waals surface area contributed by atoms with E-state index >= 15 is 0 Å². The maximum atomic E-state index is 12.3. The van der Waals surface area contributed by atoms with Crippen molar-refractivity contribution in [2.24, 2.45) is 5.92 Å². The predicted octanol–water partition coefficient (Wildman–Crippen LogP) is 0.686. The summed E-state index contributed by atoms with van der Waals surface area (Å²) in [5, 5.41) is 15.5. The second-order valence-corrected chi connectivity index (χ2v) is 5.84. The number of hydrogen-bond acceptors (Lipinski definition) is 4. The topological polar surface area (TPSA) is 82.2 Å². The highest BCUT2D eigenvalue weighted by Gasteiger charge is 2.40. The van der Waals surface area contributed by atoms with E-state index in [1.54, 1.807) is 29.1 Å². The van der Waals surface area contributed by atoms with Crippen molar-refractivity contribution in [1.29, 1.82) is 5.26 Å². The van der Waals surface area contributed by atoms with Gasteiger partial charge in [-0.25, -0.2) is 4.98 Å². The largest absolute Gasteiger partial charge is 0.346 e.